The fourth-order valence-corrected chi connectivity index (χ4v) is 4.15. The van der Waals surface area contributed by atoms with Crippen molar-refractivity contribution in [3.8, 4) is 0 Å². The molecule has 5 rings (SSSR count). The molecule has 0 spiro atoms. The number of hydrogen-bond acceptors (Lipinski definition) is 5. The van der Waals surface area contributed by atoms with Crippen molar-refractivity contribution in [3.63, 3.8) is 0 Å². The molecule has 0 bridgehead atoms. The summed E-state index contributed by atoms with van der Waals surface area (Å²) in [5, 5.41) is 7.07. The lowest BCUT2D eigenvalue weighted by molar-refractivity contribution is 0.102. The number of carbonyl (C=O) groups excluding carboxylic acids is 1. The summed E-state index contributed by atoms with van der Waals surface area (Å²) in [5.74, 6) is -0.658. The highest BCUT2D eigenvalue weighted by molar-refractivity contribution is 6.05. The van der Waals surface area contributed by atoms with E-state index >= 15 is 0 Å². The highest BCUT2D eigenvalue weighted by Gasteiger charge is 2.30. The Balaban J connectivity index is 0.00000259. The van der Waals surface area contributed by atoms with Crippen LogP contribution in [0.15, 0.2) is 55.0 Å². The number of aryl methyl sites for hydroxylation is 1. The van der Waals surface area contributed by atoms with Crippen LogP contribution in [-0.4, -0.2) is 32.0 Å². The van der Waals surface area contributed by atoms with Gasteiger partial charge < -0.3 is 10.2 Å². The summed E-state index contributed by atoms with van der Waals surface area (Å²) in [4.78, 5) is 23.5. The molecule has 1 N–H and O–H groups in total. The standard InChI is InChI=1S/C23H20F2N6O.ClH/c1-14-4-2-9-26-21(14)23(32)28-18-13-27-31-11-8-20(29-22(18)31)30-10-3-5-19(30)16-12-15(24)6-7-17(16)25;/h2,4,6-9,11-13,19H,3,5,10H2,1H3,(H,28,32);1H/t19-;/m1./s1. The minimum atomic E-state index is -0.470. The van der Waals surface area contributed by atoms with Crippen LogP contribution in [0.2, 0.25) is 0 Å². The van der Waals surface area contributed by atoms with Gasteiger partial charge in [-0.2, -0.15) is 5.10 Å². The Labute approximate surface area is 194 Å². The second kappa shape index (κ2) is 9.11. The van der Waals surface area contributed by atoms with Crippen molar-refractivity contribution in [2.45, 2.75) is 25.8 Å². The van der Waals surface area contributed by atoms with Gasteiger partial charge >= 0.3 is 0 Å². The molecule has 1 aliphatic heterocycles. The molecular weight excluding hydrogens is 450 g/mol. The molecule has 1 atom stereocenters. The molecular formula is C23H21ClF2N6O. The van der Waals surface area contributed by atoms with Crippen LogP contribution in [0.5, 0.6) is 0 Å². The molecule has 33 heavy (non-hydrogen) atoms. The third-order valence-electron chi connectivity index (χ3n) is 5.69. The topological polar surface area (TPSA) is 75.4 Å². The van der Waals surface area contributed by atoms with E-state index in [1.807, 2.05) is 17.9 Å². The monoisotopic (exact) mass is 470 g/mol. The SMILES string of the molecule is Cc1cccnc1C(=O)Nc1cnn2ccc(N3CCC[C@@H]3c3cc(F)ccc3F)nc12.Cl. The number of halogens is 3. The number of pyridine rings is 1. The maximum atomic E-state index is 14.4. The highest BCUT2D eigenvalue weighted by Crippen LogP contribution is 2.37. The van der Waals surface area contributed by atoms with Gasteiger partial charge in [-0.1, -0.05) is 6.07 Å². The molecule has 7 nitrogen and oxygen atoms in total. The van der Waals surface area contributed by atoms with Gasteiger partial charge in [-0.3, -0.25) is 9.78 Å². The van der Waals surface area contributed by atoms with Crippen LogP contribution < -0.4 is 10.2 Å². The predicted octanol–water partition coefficient (Wildman–Crippen LogP) is 4.73. The average molecular weight is 471 g/mol. The van der Waals surface area contributed by atoms with Gasteiger partial charge in [0.25, 0.3) is 5.91 Å². The maximum absolute atomic E-state index is 14.4. The Morgan fingerprint density at radius 2 is 2.06 bits per heavy atom. The summed E-state index contributed by atoms with van der Waals surface area (Å²) in [6, 6.07) is 8.56. The minimum absolute atomic E-state index is 0. The van der Waals surface area contributed by atoms with Crippen LogP contribution in [0.3, 0.4) is 0 Å². The number of carbonyl (C=O) groups is 1. The van der Waals surface area contributed by atoms with E-state index in [2.05, 4.69) is 20.4 Å². The zero-order valence-corrected chi connectivity index (χ0v) is 18.5. The van der Waals surface area contributed by atoms with Gasteiger partial charge in [-0.25, -0.2) is 18.3 Å². The smallest absolute Gasteiger partial charge is 0.274 e. The largest absolute Gasteiger partial charge is 0.349 e. The van der Waals surface area contributed by atoms with Crippen LogP contribution >= 0.6 is 12.4 Å². The Morgan fingerprint density at radius 3 is 2.88 bits per heavy atom. The van der Waals surface area contributed by atoms with Gasteiger partial charge in [0.15, 0.2) is 5.65 Å². The first-order valence-electron chi connectivity index (χ1n) is 10.3. The van der Waals surface area contributed by atoms with Crippen LogP contribution in [0.1, 0.15) is 40.5 Å². The molecule has 10 heteroatoms. The molecule has 0 unspecified atom stereocenters. The predicted molar refractivity (Wildman–Crippen MR) is 123 cm³/mol. The Hall–Kier alpha value is -3.59. The molecule has 3 aromatic heterocycles. The molecule has 0 radical (unpaired) electrons. The van der Waals surface area contributed by atoms with Gasteiger partial charge in [0.2, 0.25) is 0 Å². The summed E-state index contributed by atoms with van der Waals surface area (Å²) in [6.45, 7) is 2.47. The molecule has 1 fully saturated rings. The zero-order valence-electron chi connectivity index (χ0n) is 17.7. The number of fused-ring (bicyclic) bond motifs is 1. The van der Waals surface area contributed by atoms with E-state index in [-0.39, 0.29) is 24.4 Å². The first-order chi connectivity index (χ1) is 15.5. The molecule has 0 saturated carbocycles. The lowest BCUT2D eigenvalue weighted by Crippen LogP contribution is -2.24. The van der Waals surface area contributed by atoms with Crippen molar-refractivity contribution < 1.29 is 13.6 Å². The van der Waals surface area contributed by atoms with E-state index in [1.165, 1.54) is 12.3 Å². The lowest BCUT2D eigenvalue weighted by Gasteiger charge is -2.26. The van der Waals surface area contributed by atoms with Crippen LogP contribution in [-0.2, 0) is 0 Å². The number of rotatable bonds is 4. The Kier molecular flexibility index (Phi) is 6.24. The number of aromatic nitrogens is 4. The maximum Gasteiger partial charge on any atom is 0.274 e. The minimum Gasteiger partial charge on any atom is -0.349 e. The van der Waals surface area contributed by atoms with E-state index in [9.17, 15) is 13.6 Å². The zero-order chi connectivity index (χ0) is 22.2. The first-order valence-corrected chi connectivity index (χ1v) is 10.3. The fourth-order valence-electron chi connectivity index (χ4n) is 4.15. The summed E-state index contributed by atoms with van der Waals surface area (Å²) in [5.41, 5.74) is 2.29. The fraction of sp³-hybridized carbons (Fsp3) is 0.217. The third-order valence-corrected chi connectivity index (χ3v) is 5.69. The van der Waals surface area contributed by atoms with E-state index in [0.29, 0.717) is 41.4 Å². The summed E-state index contributed by atoms with van der Waals surface area (Å²) >= 11 is 0. The lowest BCUT2D eigenvalue weighted by atomic mass is 10.0. The third kappa shape index (κ3) is 4.23. The van der Waals surface area contributed by atoms with E-state index in [4.69, 9.17) is 0 Å². The molecule has 170 valence electrons. The van der Waals surface area contributed by atoms with Crippen molar-refractivity contribution >= 4 is 35.5 Å². The second-order valence-corrected chi connectivity index (χ2v) is 7.75. The van der Waals surface area contributed by atoms with Crippen molar-refractivity contribution in [1.29, 1.82) is 0 Å². The van der Waals surface area contributed by atoms with E-state index in [1.54, 1.807) is 29.0 Å². The normalized spacial score (nSPS) is 15.5. The molecule has 1 aromatic carbocycles. The number of benzene rings is 1. The van der Waals surface area contributed by atoms with Gasteiger partial charge in [0.1, 0.15) is 28.8 Å². The van der Waals surface area contributed by atoms with Gasteiger partial charge in [-0.05, 0) is 55.7 Å². The van der Waals surface area contributed by atoms with Gasteiger partial charge in [-0.15, -0.1) is 12.4 Å². The number of hydrogen-bond donors (Lipinski definition) is 1. The summed E-state index contributed by atoms with van der Waals surface area (Å²) in [7, 11) is 0. The highest BCUT2D eigenvalue weighted by atomic mass is 35.5. The number of nitrogens with zero attached hydrogens (tertiary/aromatic N) is 5. The first kappa shape index (κ1) is 22.6. The molecule has 0 aliphatic carbocycles. The van der Waals surface area contributed by atoms with E-state index < -0.39 is 11.6 Å². The quantitative estimate of drug-likeness (QED) is 0.467. The number of amides is 1. The van der Waals surface area contributed by atoms with E-state index in [0.717, 1.165) is 24.1 Å². The molecule has 4 heterocycles. The Morgan fingerprint density at radius 1 is 1.21 bits per heavy atom. The van der Waals surface area contributed by atoms with Gasteiger partial charge in [0, 0.05) is 24.5 Å². The van der Waals surface area contributed by atoms with Crippen LogP contribution in [0.4, 0.5) is 20.3 Å². The number of nitrogens with one attached hydrogen (secondary N) is 1. The molecule has 1 aliphatic rings. The molecule has 1 saturated heterocycles. The van der Waals surface area contributed by atoms with Crippen LogP contribution in [0, 0.1) is 18.6 Å². The summed E-state index contributed by atoms with van der Waals surface area (Å²) < 4.78 is 29.8. The summed E-state index contributed by atoms with van der Waals surface area (Å²) in [6.07, 6.45) is 6.34. The van der Waals surface area contributed by atoms with Gasteiger partial charge in [0.05, 0.1) is 12.2 Å². The second-order valence-electron chi connectivity index (χ2n) is 7.75. The van der Waals surface area contributed by atoms with Crippen molar-refractivity contribution in [1.82, 2.24) is 19.6 Å². The van der Waals surface area contributed by atoms with Crippen molar-refractivity contribution in [2.75, 3.05) is 16.8 Å². The number of anilines is 2. The molecule has 1 amide bonds. The Bertz CT molecular complexity index is 1330. The average Bonchev–Trinajstić information content (AvgIpc) is 3.43. The van der Waals surface area contributed by atoms with Crippen LogP contribution in [0.25, 0.3) is 5.65 Å². The van der Waals surface area contributed by atoms with Crippen molar-refractivity contribution in [2.24, 2.45) is 0 Å². The van der Waals surface area contributed by atoms with Crippen molar-refractivity contribution in [3.05, 3.63) is 83.4 Å². The molecule has 4 aromatic rings.